The maximum Gasteiger partial charge on any atom is 0.270 e. The number of fused-ring (bicyclic) bond motifs is 2. The van der Waals surface area contributed by atoms with Crippen molar-refractivity contribution in [3.8, 4) is 17.2 Å². The van der Waals surface area contributed by atoms with Crippen molar-refractivity contribution in [2.75, 3.05) is 33.0 Å². The fourth-order valence-corrected chi connectivity index (χ4v) is 5.34. The minimum Gasteiger partial charge on any atom is -0.490 e. The molecule has 1 fully saturated rings. The summed E-state index contributed by atoms with van der Waals surface area (Å²) in [7, 11) is 0. The smallest absolute Gasteiger partial charge is 0.270 e. The van der Waals surface area contributed by atoms with Crippen LogP contribution in [0.4, 0.5) is 0 Å². The lowest BCUT2D eigenvalue weighted by Crippen LogP contribution is -2.48. The fourth-order valence-electron chi connectivity index (χ4n) is 5.34. The van der Waals surface area contributed by atoms with E-state index in [9.17, 15) is 4.79 Å². The van der Waals surface area contributed by atoms with Gasteiger partial charge < -0.3 is 23.7 Å². The summed E-state index contributed by atoms with van der Waals surface area (Å²) in [5.74, 6) is 2.51. The van der Waals surface area contributed by atoms with Gasteiger partial charge in [0, 0.05) is 44.7 Å². The van der Waals surface area contributed by atoms with Gasteiger partial charge in [-0.25, -0.2) is 0 Å². The molecule has 0 saturated carbocycles. The highest BCUT2D eigenvalue weighted by molar-refractivity contribution is 6.00. The molecular formula is C32H35N3O4. The van der Waals surface area contributed by atoms with Gasteiger partial charge in [-0.3, -0.25) is 9.69 Å². The minimum absolute atomic E-state index is 0.0688. The number of hydrogen-bond donors (Lipinski definition) is 0. The summed E-state index contributed by atoms with van der Waals surface area (Å²) in [6.07, 6.45) is 1.02. The summed E-state index contributed by atoms with van der Waals surface area (Å²) in [4.78, 5) is 18.4. The summed E-state index contributed by atoms with van der Waals surface area (Å²) < 4.78 is 19.4. The quantitative estimate of drug-likeness (QED) is 0.302. The maximum atomic E-state index is 14.0. The highest BCUT2D eigenvalue weighted by Gasteiger charge is 2.27. The molecule has 0 N–H and O–H groups in total. The van der Waals surface area contributed by atoms with Crippen molar-refractivity contribution in [2.45, 2.75) is 39.5 Å². The zero-order valence-corrected chi connectivity index (χ0v) is 22.6. The fraction of sp³-hybridized carbons (Fsp3) is 0.344. The zero-order chi connectivity index (χ0) is 26.8. The van der Waals surface area contributed by atoms with Crippen molar-refractivity contribution >= 4 is 16.8 Å². The molecule has 0 bridgehead atoms. The Labute approximate surface area is 229 Å². The SMILES string of the molecule is CCC(C)Oc1cccc2c1cc(C(=O)N1CCN(Cc3ccc4c(c3)OCO4)CC1)n2Cc1ccccc1. The van der Waals surface area contributed by atoms with E-state index < -0.39 is 0 Å². The second kappa shape index (κ2) is 11.0. The number of hydrogen-bond acceptors (Lipinski definition) is 5. The molecule has 7 nitrogen and oxygen atoms in total. The minimum atomic E-state index is 0.0688. The van der Waals surface area contributed by atoms with Crippen LogP contribution in [0, 0.1) is 0 Å². The molecule has 3 heterocycles. The first-order valence-electron chi connectivity index (χ1n) is 13.8. The molecule has 39 heavy (non-hydrogen) atoms. The van der Waals surface area contributed by atoms with Crippen molar-refractivity contribution in [3.63, 3.8) is 0 Å². The molecule has 3 aromatic carbocycles. The molecule has 202 valence electrons. The van der Waals surface area contributed by atoms with Gasteiger partial charge in [0.1, 0.15) is 11.4 Å². The van der Waals surface area contributed by atoms with E-state index in [0.29, 0.717) is 25.3 Å². The Morgan fingerprint density at radius 2 is 1.67 bits per heavy atom. The van der Waals surface area contributed by atoms with Crippen molar-refractivity contribution in [3.05, 3.63) is 89.6 Å². The van der Waals surface area contributed by atoms with Crippen LogP contribution in [0.2, 0.25) is 0 Å². The monoisotopic (exact) mass is 525 g/mol. The molecule has 4 aromatic rings. The first-order chi connectivity index (χ1) is 19.1. The number of aromatic nitrogens is 1. The molecule has 0 aliphatic carbocycles. The largest absolute Gasteiger partial charge is 0.490 e. The van der Waals surface area contributed by atoms with E-state index >= 15 is 0 Å². The second-order valence-corrected chi connectivity index (χ2v) is 10.4. The average Bonchev–Trinajstić information content (AvgIpc) is 3.59. The summed E-state index contributed by atoms with van der Waals surface area (Å²) in [5, 5.41) is 0.985. The van der Waals surface area contributed by atoms with Gasteiger partial charge >= 0.3 is 0 Å². The van der Waals surface area contributed by atoms with Crippen LogP contribution in [-0.4, -0.2) is 59.4 Å². The van der Waals surface area contributed by atoms with Crippen LogP contribution in [0.15, 0.2) is 72.8 Å². The lowest BCUT2D eigenvalue weighted by atomic mass is 10.1. The topological polar surface area (TPSA) is 56.2 Å². The molecule has 1 unspecified atom stereocenters. The lowest BCUT2D eigenvalue weighted by molar-refractivity contribution is 0.0619. The molecule has 6 rings (SSSR count). The van der Waals surface area contributed by atoms with Crippen LogP contribution in [-0.2, 0) is 13.1 Å². The summed E-state index contributed by atoms with van der Waals surface area (Å²) in [5.41, 5.74) is 4.07. The molecular weight excluding hydrogens is 490 g/mol. The van der Waals surface area contributed by atoms with Crippen LogP contribution in [0.3, 0.4) is 0 Å². The van der Waals surface area contributed by atoms with Crippen molar-refractivity contribution < 1.29 is 19.0 Å². The van der Waals surface area contributed by atoms with Crippen molar-refractivity contribution in [1.82, 2.24) is 14.4 Å². The molecule has 7 heteroatoms. The second-order valence-electron chi connectivity index (χ2n) is 10.4. The standard InChI is InChI=1S/C32H35N3O4/c1-3-23(2)39-29-11-7-10-27-26(29)19-28(35(27)21-24-8-5-4-6-9-24)32(36)34-16-14-33(15-17-34)20-25-12-13-30-31(18-25)38-22-37-30/h4-13,18-19,23H,3,14-17,20-22H2,1-2H3. The third-order valence-corrected chi connectivity index (χ3v) is 7.71. The first-order valence-corrected chi connectivity index (χ1v) is 13.8. The Bertz CT molecular complexity index is 1460. The van der Waals surface area contributed by atoms with Gasteiger partial charge in [0.2, 0.25) is 6.79 Å². The van der Waals surface area contributed by atoms with E-state index in [1.165, 1.54) is 5.56 Å². The van der Waals surface area contributed by atoms with Crippen LogP contribution in [0.1, 0.15) is 41.9 Å². The average molecular weight is 526 g/mol. The Hall–Kier alpha value is -3.97. The van der Waals surface area contributed by atoms with Crippen LogP contribution < -0.4 is 14.2 Å². The normalized spacial score (nSPS) is 16.0. The van der Waals surface area contributed by atoms with Gasteiger partial charge in [-0.1, -0.05) is 49.4 Å². The number of rotatable bonds is 8. The molecule has 1 aromatic heterocycles. The molecule has 2 aliphatic rings. The van der Waals surface area contributed by atoms with E-state index in [1.54, 1.807) is 0 Å². The zero-order valence-electron chi connectivity index (χ0n) is 22.6. The third kappa shape index (κ3) is 5.32. The van der Waals surface area contributed by atoms with Crippen molar-refractivity contribution in [2.24, 2.45) is 0 Å². The maximum absolute atomic E-state index is 14.0. The summed E-state index contributed by atoms with van der Waals surface area (Å²) in [6, 6.07) is 24.6. The number of piperazine rings is 1. The molecule has 2 aliphatic heterocycles. The molecule has 1 amide bonds. The van der Waals surface area contributed by atoms with E-state index in [-0.39, 0.29) is 18.8 Å². The van der Waals surface area contributed by atoms with E-state index in [1.807, 2.05) is 47.4 Å². The number of nitrogens with zero attached hydrogens (tertiary/aromatic N) is 3. The Balaban J connectivity index is 1.22. The van der Waals surface area contributed by atoms with Gasteiger partial charge in [0.15, 0.2) is 11.5 Å². The molecule has 0 spiro atoms. The Morgan fingerprint density at radius 3 is 2.46 bits per heavy atom. The van der Waals surface area contributed by atoms with E-state index in [2.05, 4.69) is 53.6 Å². The van der Waals surface area contributed by atoms with Gasteiger partial charge in [0.25, 0.3) is 5.91 Å². The number of carbonyl (C=O) groups excluding carboxylic acids is 1. The Morgan fingerprint density at radius 1 is 0.872 bits per heavy atom. The highest BCUT2D eigenvalue weighted by atomic mass is 16.7. The Kier molecular flexibility index (Phi) is 7.16. The number of benzene rings is 3. The van der Waals surface area contributed by atoms with E-state index in [4.69, 9.17) is 14.2 Å². The molecule has 0 radical (unpaired) electrons. The predicted octanol–water partition coefficient (Wildman–Crippen LogP) is 5.55. The summed E-state index contributed by atoms with van der Waals surface area (Å²) in [6.45, 7) is 8.95. The van der Waals surface area contributed by atoms with Gasteiger partial charge in [0.05, 0.1) is 11.6 Å². The van der Waals surface area contributed by atoms with E-state index in [0.717, 1.165) is 59.8 Å². The van der Waals surface area contributed by atoms with Crippen LogP contribution >= 0.6 is 0 Å². The van der Waals surface area contributed by atoms with Crippen LogP contribution in [0.25, 0.3) is 10.9 Å². The number of carbonyl (C=O) groups is 1. The molecule has 1 saturated heterocycles. The van der Waals surface area contributed by atoms with Gasteiger partial charge in [-0.15, -0.1) is 0 Å². The number of ether oxygens (including phenoxy) is 3. The highest BCUT2D eigenvalue weighted by Crippen LogP contribution is 2.33. The predicted molar refractivity (Wildman–Crippen MR) is 152 cm³/mol. The number of amides is 1. The van der Waals surface area contributed by atoms with Crippen LogP contribution in [0.5, 0.6) is 17.2 Å². The van der Waals surface area contributed by atoms with Crippen molar-refractivity contribution in [1.29, 1.82) is 0 Å². The first kappa shape index (κ1) is 25.3. The molecule has 1 atom stereocenters. The van der Waals surface area contributed by atoms with Gasteiger partial charge in [-0.2, -0.15) is 0 Å². The lowest BCUT2D eigenvalue weighted by Gasteiger charge is -2.35. The van der Waals surface area contributed by atoms with Gasteiger partial charge in [-0.05, 0) is 54.8 Å². The third-order valence-electron chi connectivity index (χ3n) is 7.71. The summed E-state index contributed by atoms with van der Waals surface area (Å²) >= 11 is 0.